The average molecular weight is 475 g/mol. The summed E-state index contributed by atoms with van der Waals surface area (Å²) in [7, 11) is 0. The van der Waals surface area contributed by atoms with Crippen molar-refractivity contribution >= 4 is 0 Å². The van der Waals surface area contributed by atoms with Gasteiger partial charge in [0.1, 0.15) is 11.5 Å². The van der Waals surface area contributed by atoms with Gasteiger partial charge in [-0.25, -0.2) is 0 Å². The van der Waals surface area contributed by atoms with Gasteiger partial charge in [-0.15, -0.1) is 0 Å². The molecule has 2 aromatic heterocycles. The van der Waals surface area contributed by atoms with E-state index in [1.54, 1.807) is 36.7 Å². The fourth-order valence-corrected chi connectivity index (χ4v) is 1.64. The second-order valence-electron chi connectivity index (χ2n) is 4.05. The SMILES string of the molecule is CCOc1cccnc1C[O-].CCOc1cccnc1C[O-].[Br-].[Zr+3]. The quantitative estimate of drug-likeness (QED) is 0.466. The van der Waals surface area contributed by atoms with E-state index in [1.807, 2.05) is 13.8 Å². The molecule has 0 N–H and O–H groups in total. The van der Waals surface area contributed by atoms with Gasteiger partial charge in [0.25, 0.3) is 0 Å². The third kappa shape index (κ3) is 8.87. The molecular weight excluding hydrogens is 455 g/mol. The predicted octanol–water partition coefficient (Wildman–Crippen LogP) is -2.32. The summed E-state index contributed by atoms with van der Waals surface area (Å²) >= 11 is 0. The van der Waals surface area contributed by atoms with Crippen molar-refractivity contribution in [2.45, 2.75) is 27.1 Å². The smallest absolute Gasteiger partial charge is 1.00 e. The molecule has 0 atom stereocenters. The molecular formula is C16H20BrN2O4Zr. The van der Waals surface area contributed by atoms with Crippen molar-refractivity contribution in [1.82, 2.24) is 9.97 Å². The van der Waals surface area contributed by atoms with Crippen LogP contribution in [0.25, 0.3) is 0 Å². The third-order valence-corrected chi connectivity index (χ3v) is 2.57. The van der Waals surface area contributed by atoms with Gasteiger partial charge in [0.2, 0.25) is 0 Å². The van der Waals surface area contributed by atoms with Crippen LogP contribution in [0.3, 0.4) is 0 Å². The summed E-state index contributed by atoms with van der Waals surface area (Å²) < 4.78 is 10.3. The summed E-state index contributed by atoms with van der Waals surface area (Å²) in [4.78, 5) is 7.76. The van der Waals surface area contributed by atoms with Crippen LogP contribution in [0.1, 0.15) is 25.2 Å². The van der Waals surface area contributed by atoms with Gasteiger partial charge in [-0.3, -0.25) is 9.97 Å². The summed E-state index contributed by atoms with van der Waals surface area (Å²) in [6, 6.07) is 7.02. The van der Waals surface area contributed by atoms with E-state index >= 15 is 0 Å². The first-order chi connectivity index (χ1) is 10.8. The molecule has 0 amide bonds. The van der Waals surface area contributed by atoms with Crippen molar-refractivity contribution in [1.29, 1.82) is 0 Å². The molecule has 0 saturated heterocycles. The van der Waals surface area contributed by atoms with Crippen LogP contribution in [0.4, 0.5) is 0 Å². The number of ether oxygens (including phenoxy) is 2. The van der Waals surface area contributed by atoms with Crippen LogP contribution in [0.2, 0.25) is 0 Å². The van der Waals surface area contributed by atoms with Gasteiger partial charge in [-0.05, 0) is 38.1 Å². The number of aromatic nitrogens is 2. The molecule has 1 radical (unpaired) electrons. The maximum absolute atomic E-state index is 10.5. The van der Waals surface area contributed by atoms with Crippen LogP contribution in [-0.4, -0.2) is 23.2 Å². The number of hydrogen-bond acceptors (Lipinski definition) is 6. The van der Waals surface area contributed by atoms with Crippen LogP contribution < -0.4 is 36.7 Å². The van der Waals surface area contributed by atoms with Gasteiger partial charge < -0.3 is 36.7 Å². The first-order valence-corrected chi connectivity index (χ1v) is 7.06. The average Bonchev–Trinajstić information content (AvgIpc) is 2.57. The fourth-order valence-electron chi connectivity index (χ4n) is 1.64. The van der Waals surface area contributed by atoms with Gasteiger partial charge >= 0.3 is 26.2 Å². The molecule has 0 aliphatic rings. The van der Waals surface area contributed by atoms with Crippen molar-refractivity contribution in [2.24, 2.45) is 0 Å². The molecule has 0 unspecified atom stereocenters. The Balaban J connectivity index is 0. The molecule has 2 heterocycles. The van der Waals surface area contributed by atoms with Gasteiger partial charge in [0.15, 0.2) is 0 Å². The molecule has 2 rings (SSSR count). The van der Waals surface area contributed by atoms with Crippen molar-refractivity contribution < 1.29 is 62.9 Å². The third-order valence-electron chi connectivity index (χ3n) is 2.57. The van der Waals surface area contributed by atoms with E-state index in [0.717, 1.165) is 0 Å². The van der Waals surface area contributed by atoms with Crippen LogP contribution in [0, 0.1) is 0 Å². The van der Waals surface area contributed by atoms with Crippen LogP contribution in [0.5, 0.6) is 11.5 Å². The van der Waals surface area contributed by atoms with Crippen LogP contribution in [0.15, 0.2) is 36.7 Å². The van der Waals surface area contributed by atoms with Crippen molar-refractivity contribution in [3.8, 4) is 11.5 Å². The Kier molecular flexibility index (Phi) is 16.6. The normalized spacial score (nSPS) is 8.83. The van der Waals surface area contributed by atoms with Gasteiger partial charge in [0, 0.05) is 12.4 Å². The van der Waals surface area contributed by atoms with Crippen LogP contribution >= 0.6 is 0 Å². The zero-order valence-electron chi connectivity index (χ0n) is 13.7. The molecule has 8 heteroatoms. The maximum Gasteiger partial charge on any atom is 3.00 e. The Morgan fingerprint density at radius 1 is 0.833 bits per heavy atom. The molecule has 24 heavy (non-hydrogen) atoms. The number of pyridine rings is 2. The molecule has 6 nitrogen and oxygen atoms in total. The van der Waals surface area contributed by atoms with E-state index in [0.29, 0.717) is 36.1 Å². The first kappa shape index (κ1) is 25.4. The molecule has 0 saturated carbocycles. The monoisotopic (exact) mass is 473 g/mol. The summed E-state index contributed by atoms with van der Waals surface area (Å²) in [5.41, 5.74) is 0.962. The van der Waals surface area contributed by atoms with Gasteiger partial charge in [0.05, 0.1) is 24.6 Å². The van der Waals surface area contributed by atoms with E-state index in [1.165, 1.54) is 0 Å². The molecule has 129 valence electrons. The zero-order valence-corrected chi connectivity index (χ0v) is 17.7. The zero-order chi connectivity index (χ0) is 16.2. The second kappa shape index (κ2) is 15.7. The van der Waals surface area contributed by atoms with Gasteiger partial charge in [-0.2, -0.15) is 0 Å². The Morgan fingerprint density at radius 2 is 1.21 bits per heavy atom. The van der Waals surface area contributed by atoms with E-state index in [-0.39, 0.29) is 56.4 Å². The number of hydrogen-bond donors (Lipinski definition) is 0. The summed E-state index contributed by atoms with van der Waals surface area (Å²) in [5.74, 6) is 1.20. The fraction of sp³-hybridized carbons (Fsp3) is 0.375. The topological polar surface area (TPSA) is 90.4 Å². The summed E-state index contributed by atoms with van der Waals surface area (Å²) in [6.07, 6.45) is 3.19. The molecule has 0 aliphatic heterocycles. The molecule has 0 aliphatic carbocycles. The minimum atomic E-state index is -0.323. The molecule has 0 spiro atoms. The predicted molar refractivity (Wildman–Crippen MR) is 78.2 cm³/mol. The molecule has 0 bridgehead atoms. The van der Waals surface area contributed by atoms with Crippen LogP contribution in [-0.2, 0) is 39.4 Å². The Hall–Kier alpha value is -0.817. The first-order valence-electron chi connectivity index (χ1n) is 7.06. The summed E-state index contributed by atoms with van der Waals surface area (Å²) in [5, 5.41) is 21.0. The molecule has 0 aromatic carbocycles. The number of nitrogens with zero attached hydrogens (tertiary/aromatic N) is 2. The Labute approximate surface area is 172 Å². The Bertz CT molecular complexity index is 512. The molecule has 0 fully saturated rings. The number of rotatable bonds is 6. The van der Waals surface area contributed by atoms with E-state index < -0.39 is 0 Å². The van der Waals surface area contributed by atoms with Crippen molar-refractivity contribution in [3.63, 3.8) is 0 Å². The largest absolute Gasteiger partial charge is 3.00 e. The minimum Gasteiger partial charge on any atom is -1.00 e. The summed E-state index contributed by atoms with van der Waals surface area (Å²) in [6.45, 7) is 4.24. The van der Waals surface area contributed by atoms with E-state index in [2.05, 4.69) is 9.97 Å². The van der Waals surface area contributed by atoms with E-state index in [9.17, 15) is 10.2 Å². The van der Waals surface area contributed by atoms with E-state index in [4.69, 9.17) is 9.47 Å². The maximum atomic E-state index is 10.5. The number of halogens is 1. The standard InChI is InChI=1S/2C8H10NO2.BrH.Zr/c2*1-2-11-8-4-3-5-9-7(8)6-10;;/h2*3-5H,2,6H2,1H3;1H;/q2*-1;;+3/p-1. The Morgan fingerprint density at radius 3 is 1.50 bits per heavy atom. The van der Waals surface area contributed by atoms with Gasteiger partial charge in [-0.1, -0.05) is 13.2 Å². The van der Waals surface area contributed by atoms with Crippen molar-refractivity contribution in [3.05, 3.63) is 48.0 Å². The molecule has 2 aromatic rings. The van der Waals surface area contributed by atoms with Crippen molar-refractivity contribution in [2.75, 3.05) is 13.2 Å². The minimum absolute atomic E-state index is 0. The second-order valence-corrected chi connectivity index (χ2v) is 4.05.